The van der Waals surface area contributed by atoms with E-state index in [1.165, 1.54) is 24.3 Å². The van der Waals surface area contributed by atoms with Crippen molar-refractivity contribution in [3.05, 3.63) is 69.3 Å². The van der Waals surface area contributed by atoms with Crippen LogP contribution in [0.2, 0.25) is 0 Å². The van der Waals surface area contributed by atoms with E-state index < -0.39 is 4.92 Å². The molecule has 2 atom stereocenters. The molecule has 2 N–H and O–H groups in total. The van der Waals surface area contributed by atoms with Gasteiger partial charge in [0.15, 0.2) is 5.11 Å². The van der Waals surface area contributed by atoms with Gasteiger partial charge in [-0.15, -0.1) is 0 Å². The average molecular weight is 427 g/mol. The molecule has 1 amide bonds. The van der Waals surface area contributed by atoms with E-state index in [1.807, 2.05) is 13.8 Å². The number of benzene rings is 2. The number of nitro benzene ring substituents is 1. The van der Waals surface area contributed by atoms with E-state index in [0.717, 1.165) is 36.1 Å². The molecule has 3 rings (SSSR count). The molecule has 0 aromatic heterocycles. The van der Waals surface area contributed by atoms with Gasteiger partial charge >= 0.3 is 0 Å². The number of rotatable bonds is 5. The largest absolute Gasteiger partial charge is 0.358 e. The highest BCUT2D eigenvalue weighted by molar-refractivity contribution is 7.80. The van der Waals surface area contributed by atoms with Gasteiger partial charge in [0.05, 0.1) is 11.0 Å². The molecule has 0 bridgehead atoms. The normalized spacial score (nSPS) is 18.0. The number of amides is 1. The molecule has 0 saturated heterocycles. The summed E-state index contributed by atoms with van der Waals surface area (Å²) in [5, 5.41) is 18.0. The number of carbonyl (C=O) groups excluding carboxylic acids is 1. The third-order valence-corrected chi connectivity index (χ3v) is 5.80. The lowest BCUT2D eigenvalue weighted by atomic mass is 10.1. The Morgan fingerprint density at radius 3 is 2.53 bits per heavy atom. The number of nitrogens with one attached hydrogen (secondary N) is 2. The number of nitrogens with zero attached hydrogens (tertiary/aromatic N) is 2. The number of non-ortho nitro benzene ring substituents is 1. The quantitative estimate of drug-likeness (QED) is 0.423. The highest BCUT2D eigenvalue weighted by atomic mass is 32.1. The molecule has 30 heavy (non-hydrogen) atoms. The smallest absolute Gasteiger partial charge is 0.269 e. The summed E-state index contributed by atoms with van der Waals surface area (Å²) in [7, 11) is 1.77. The number of carbonyl (C=O) groups is 1. The molecular formula is C22H26N4O3S. The highest BCUT2D eigenvalue weighted by Crippen LogP contribution is 2.26. The first kappa shape index (κ1) is 21.7. The number of likely N-dealkylation sites (N-methyl/N-ethyl adjacent to an activating group) is 1. The van der Waals surface area contributed by atoms with Crippen LogP contribution in [0.1, 0.15) is 40.7 Å². The van der Waals surface area contributed by atoms with Crippen molar-refractivity contribution in [3.63, 3.8) is 0 Å². The molecule has 158 valence electrons. The summed E-state index contributed by atoms with van der Waals surface area (Å²) >= 11 is 5.52. The van der Waals surface area contributed by atoms with E-state index in [4.69, 9.17) is 12.2 Å². The topological polar surface area (TPSA) is 87.5 Å². The molecule has 8 heteroatoms. The van der Waals surface area contributed by atoms with Crippen molar-refractivity contribution in [2.24, 2.45) is 0 Å². The molecular weight excluding hydrogens is 400 g/mol. The van der Waals surface area contributed by atoms with Gasteiger partial charge in [0.25, 0.3) is 11.6 Å². The van der Waals surface area contributed by atoms with Crippen LogP contribution in [0, 0.1) is 24.0 Å². The van der Waals surface area contributed by atoms with Gasteiger partial charge < -0.3 is 15.5 Å². The maximum absolute atomic E-state index is 12.9. The minimum Gasteiger partial charge on any atom is -0.358 e. The Hall–Kier alpha value is -3.00. The second-order valence-corrected chi connectivity index (χ2v) is 8.15. The molecule has 1 aliphatic carbocycles. The molecule has 7 nitrogen and oxygen atoms in total. The van der Waals surface area contributed by atoms with Gasteiger partial charge in [-0.1, -0.05) is 12.1 Å². The predicted molar refractivity (Wildman–Crippen MR) is 122 cm³/mol. The zero-order valence-corrected chi connectivity index (χ0v) is 18.2. The van der Waals surface area contributed by atoms with Crippen LogP contribution in [0.3, 0.4) is 0 Å². The lowest BCUT2D eigenvalue weighted by Crippen LogP contribution is -2.50. The van der Waals surface area contributed by atoms with Gasteiger partial charge in [0.1, 0.15) is 0 Å². The van der Waals surface area contributed by atoms with E-state index >= 15 is 0 Å². The molecule has 0 spiro atoms. The summed E-state index contributed by atoms with van der Waals surface area (Å²) in [4.78, 5) is 25.0. The number of thiocarbonyl (C=S) groups is 1. The summed E-state index contributed by atoms with van der Waals surface area (Å²) in [6.07, 6.45) is 2.78. The molecule has 1 aliphatic rings. The van der Waals surface area contributed by atoms with Gasteiger partial charge in [-0.25, -0.2) is 0 Å². The summed E-state index contributed by atoms with van der Waals surface area (Å²) in [6.45, 7) is 4.06. The van der Waals surface area contributed by atoms with Crippen LogP contribution in [0.4, 0.5) is 11.4 Å². The third-order valence-electron chi connectivity index (χ3n) is 5.58. The van der Waals surface area contributed by atoms with E-state index in [0.29, 0.717) is 10.7 Å². The minimum atomic E-state index is -0.473. The summed E-state index contributed by atoms with van der Waals surface area (Å²) < 4.78 is 0. The number of hydrogen-bond donors (Lipinski definition) is 2. The standard InChI is InChI=1S/C22H26N4O3S/c1-14-7-8-15(2)19(13-14)24-22(30)23-18-5-4-6-20(18)25(3)21(27)16-9-11-17(12-10-16)26(28)29/h7-13,18,20H,4-6H2,1-3H3,(H2,23,24,30). The maximum Gasteiger partial charge on any atom is 0.269 e. The third kappa shape index (κ3) is 4.94. The molecule has 1 fully saturated rings. The Labute approximate surface area is 181 Å². The Balaban J connectivity index is 1.65. The summed E-state index contributed by atoms with van der Waals surface area (Å²) in [5.41, 5.74) is 3.64. The van der Waals surface area contributed by atoms with Gasteiger partial charge in [0, 0.05) is 36.5 Å². The van der Waals surface area contributed by atoms with Gasteiger partial charge in [-0.05, 0) is 74.7 Å². The summed E-state index contributed by atoms with van der Waals surface area (Å²) in [5.74, 6) is -0.156. The fourth-order valence-corrected chi connectivity index (χ4v) is 4.11. The fraction of sp³-hybridized carbons (Fsp3) is 0.364. The van der Waals surface area contributed by atoms with E-state index in [-0.39, 0.29) is 23.7 Å². The van der Waals surface area contributed by atoms with Gasteiger partial charge in [-0.3, -0.25) is 14.9 Å². The van der Waals surface area contributed by atoms with Crippen LogP contribution < -0.4 is 10.6 Å². The molecule has 0 radical (unpaired) electrons. The molecule has 2 aromatic carbocycles. The Kier molecular flexibility index (Phi) is 6.66. The number of nitro groups is 1. The monoisotopic (exact) mass is 426 g/mol. The van der Waals surface area contributed by atoms with Crippen LogP contribution in [0.15, 0.2) is 42.5 Å². The number of aryl methyl sites for hydroxylation is 2. The lowest BCUT2D eigenvalue weighted by Gasteiger charge is -2.31. The first-order valence-corrected chi connectivity index (χ1v) is 10.3. The number of anilines is 1. The zero-order valence-electron chi connectivity index (χ0n) is 17.3. The molecule has 2 aromatic rings. The first-order chi connectivity index (χ1) is 14.3. The van der Waals surface area contributed by atoms with Gasteiger partial charge in [-0.2, -0.15) is 0 Å². The minimum absolute atomic E-state index is 0.00829. The van der Waals surface area contributed by atoms with Crippen molar-refractivity contribution < 1.29 is 9.72 Å². The highest BCUT2D eigenvalue weighted by Gasteiger charge is 2.33. The second kappa shape index (κ2) is 9.21. The van der Waals surface area contributed by atoms with E-state index in [1.54, 1.807) is 11.9 Å². The van der Waals surface area contributed by atoms with Crippen molar-refractivity contribution in [1.82, 2.24) is 10.2 Å². The Morgan fingerprint density at radius 2 is 1.87 bits per heavy atom. The Bertz CT molecular complexity index is 961. The zero-order chi connectivity index (χ0) is 21.8. The van der Waals surface area contributed by atoms with E-state index in [9.17, 15) is 14.9 Å². The molecule has 0 heterocycles. The van der Waals surface area contributed by atoms with Crippen LogP contribution in [0.5, 0.6) is 0 Å². The van der Waals surface area contributed by atoms with Crippen molar-refractivity contribution in [1.29, 1.82) is 0 Å². The van der Waals surface area contributed by atoms with Crippen molar-refractivity contribution in [3.8, 4) is 0 Å². The lowest BCUT2D eigenvalue weighted by molar-refractivity contribution is -0.384. The summed E-state index contributed by atoms with van der Waals surface area (Å²) in [6, 6.07) is 11.9. The molecule has 1 saturated carbocycles. The van der Waals surface area contributed by atoms with Crippen LogP contribution in [0.25, 0.3) is 0 Å². The maximum atomic E-state index is 12.9. The Morgan fingerprint density at radius 1 is 1.17 bits per heavy atom. The van der Waals surface area contributed by atoms with Crippen LogP contribution in [-0.2, 0) is 0 Å². The molecule has 2 unspecified atom stereocenters. The predicted octanol–water partition coefficient (Wildman–Crippen LogP) is 4.19. The first-order valence-electron chi connectivity index (χ1n) is 9.92. The van der Waals surface area contributed by atoms with Crippen LogP contribution in [-0.4, -0.2) is 40.0 Å². The SMILES string of the molecule is Cc1ccc(C)c(NC(=S)NC2CCCC2N(C)C(=O)c2ccc([N+](=O)[O-])cc2)c1. The molecule has 0 aliphatic heterocycles. The fourth-order valence-electron chi connectivity index (χ4n) is 3.85. The van der Waals surface area contributed by atoms with Crippen molar-refractivity contribution in [2.75, 3.05) is 12.4 Å². The average Bonchev–Trinajstić information content (AvgIpc) is 3.17. The second-order valence-electron chi connectivity index (χ2n) is 7.74. The van der Waals surface area contributed by atoms with E-state index in [2.05, 4.69) is 28.8 Å². The van der Waals surface area contributed by atoms with Crippen molar-refractivity contribution in [2.45, 2.75) is 45.2 Å². The number of hydrogen-bond acceptors (Lipinski definition) is 4. The van der Waals surface area contributed by atoms with Gasteiger partial charge in [0.2, 0.25) is 0 Å². The van der Waals surface area contributed by atoms with Crippen LogP contribution >= 0.6 is 12.2 Å². The van der Waals surface area contributed by atoms with Crippen molar-refractivity contribution >= 4 is 34.6 Å².